The summed E-state index contributed by atoms with van der Waals surface area (Å²) in [4.78, 5) is 13.7. The number of rotatable bonds is 3. The highest BCUT2D eigenvalue weighted by atomic mass is 19.1. The summed E-state index contributed by atoms with van der Waals surface area (Å²) in [6.07, 6.45) is 2.99. The first-order valence-electron chi connectivity index (χ1n) is 10.2. The van der Waals surface area contributed by atoms with E-state index in [1.165, 1.54) is 12.1 Å². The molecule has 5 heteroatoms. The van der Waals surface area contributed by atoms with E-state index >= 15 is 0 Å². The third-order valence-corrected chi connectivity index (χ3v) is 6.57. The zero-order valence-corrected chi connectivity index (χ0v) is 16.1. The molecule has 3 nitrogen and oxygen atoms in total. The highest BCUT2D eigenvalue weighted by Gasteiger charge is 2.44. The number of hydrogen-bond donors (Lipinski definition) is 0. The summed E-state index contributed by atoms with van der Waals surface area (Å²) in [5.74, 6) is -0.912. The van der Waals surface area contributed by atoms with Gasteiger partial charge in [-0.2, -0.15) is 5.10 Å². The summed E-state index contributed by atoms with van der Waals surface area (Å²) >= 11 is 0. The molecule has 148 valence electrons. The van der Waals surface area contributed by atoms with Crippen molar-refractivity contribution in [2.45, 2.75) is 31.1 Å². The molecule has 2 atom stereocenters. The molecule has 0 amide bonds. The van der Waals surface area contributed by atoms with Gasteiger partial charge in [-0.25, -0.2) is 13.5 Å². The van der Waals surface area contributed by atoms with Gasteiger partial charge >= 0.3 is 0 Å². The summed E-state index contributed by atoms with van der Waals surface area (Å²) in [6.45, 7) is 0. The Labute approximate surface area is 172 Å². The standard InChI is InChI=1S/C25H18F2N2O/c26-17-10-11-21(20(27)13-17)29-24-16-9-8-15(12-16)22(24)23(28-29)25(30)19-7-3-5-14-4-1-2-6-18(14)19/h1-7,10-11,13,15-16H,8-9,12H2. The molecule has 2 unspecified atom stereocenters. The van der Waals surface area contributed by atoms with E-state index in [0.29, 0.717) is 11.3 Å². The number of nitrogens with zero attached hydrogens (tertiary/aromatic N) is 2. The molecule has 0 spiro atoms. The molecular formula is C25H18F2N2O. The van der Waals surface area contributed by atoms with E-state index in [1.807, 2.05) is 42.5 Å². The molecule has 4 aromatic rings. The van der Waals surface area contributed by atoms with Gasteiger partial charge in [-0.1, -0.05) is 42.5 Å². The maximum atomic E-state index is 14.6. The van der Waals surface area contributed by atoms with Crippen molar-refractivity contribution in [2.24, 2.45) is 0 Å². The zero-order valence-electron chi connectivity index (χ0n) is 16.1. The SMILES string of the molecule is O=C(c1nn(-c2ccc(F)cc2F)c2c1C1CCC2C1)c1cccc2ccccc12. The van der Waals surface area contributed by atoms with Crippen LogP contribution in [0.1, 0.15) is 58.4 Å². The number of benzene rings is 3. The number of ketones is 1. The Morgan fingerprint density at radius 1 is 0.967 bits per heavy atom. The smallest absolute Gasteiger partial charge is 0.214 e. The van der Waals surface area contributed by atoms with Gasteiger partial charge in [0.25, 0.3) is 0 Å². The van der Waals surface area contributed by atoms with E-state index in [2.05, 4.69) is 5.10 Å². The van der Waals surface area contributed by atoms with E-state index < -0.39 is 11.6 Å². The van der Waals surface area contributed by atoms with Gasteiger partial charge in [0.05, 0.1) is 5.69 Å². The van der Waals surface area contributed by atoms with Gasteiger partial charge in [0.15, 0.2) is 5.82 Å². The number of carbonyl (C=O) groups excluding carboxylic acids is 1. The molecular weight excluding hydrogens is 382 g/mol. The fraction of sp³-hybridized carbons (Fsp3) is 0.200. The van der Waals surface area contributed by atoms with Crippen molar-refractivity contribution in [1.29, 1.82) is 0 Å². The minimum absolute atomic E-state index is 0.142. The van der Waals surface area contributed by atoms with Crippen molar-refractivity contribution in [3.05, 3.63) is 94.8 Å². The Kier molecular flexibility index (Phi) is 3.69. The molecule has 3 aromatic carbocycles. The Bertz CT molecular complexity index is 1340. The van der Waals surface area contributed by atoms with Crippen molar-refractivity contribution in [2.75, 3.05) is 0 Å². The van der Waals surface area contributed by atoms with E-state index in [4.69, 9.17) is 0 Å². The van der Waals surface area contributed by atoms with Gasteiger partial charge in [0.1, 0.15) is 17.2 Å². The maximum absolute atomic E-state index is 14.6. The van der Waals surface area contributed by atoms with Crippen LogP contribution >= 0.6 is 0 Å². The average molecular weight is 400 g/mol. The topological polar surface area (TPSA) is 34.9 Å². The van der Waals surface area contributed by atoms with Crippen LogP contribution in [-0.4, -0.2) is 15.6 Å². The van der Waals surface area contributed by atoms with Crippen molar-refractivity contribution < 1.29 is 13.6 Å². The van der Waals surface area contributed by atoms with Gasteiger partial charge in [0.2, 0.25) is 5.78 Å². The summed E-state index contributed by atoms with van der Waals surface area (Å²) in [7, 11) is 0. The van der Waals surface area contributed by atoms with Crippen LogP contribution < -0.4 is 0 Å². The fourth-order valence-electron chi connectivity index (χ4n) is 5.29. The molecule has 1 fully saturated rings. The van der Waals surface area contributed by atoms with Gasteiger partial charge in [-0.3, -0.25) is 4.79 Å². The molecule has 1 aromatic heterocycles. The van der Waals surface area contributed by atoms with Gasteiger partial charge < -0.3 is 0 Å². The lowest BCUT2D eigenvalue weighted by Gasteiger charge is -2.14. The van der Waals surface area contributed by atoms with Crippen LogP contribution in [0.25, 0.3) is 16.5 Å². The Morgan fingerprint density at radius 3 is 2.63 bits per heavy atom. The molecule has 1 saturated carbocycles. The lowest BCUT2D eigenvalue weighted by Crippen LogP contribution is -2.09. The summed E-state index contributed by atoms with van der Waals surface area (Å²) in [6, 6.07) is 16.9. The summed E-state index contributed by atoms with van der Waals surface area (Å²) < 4.78 is 29.6. The average Bonchev–Trinajstić information content (AvgIpc) is 3.46. The second-order valence-corrected chi connectivity index (χ2v) is 8.22. The normalized spacial score (nSPS) is 19.4. The molecule has 2 bridgehead atoms. The van der Waals surface area contributed by atoms with Gasteiger partial charge in [-0.05, 0) is 48.1 Å². The van der Waals surface area contributed by atoms with Gasteiger partial charge in [-0.15, -0.1) is 0 Å². The third kappa shape index (κ3) is 2.41. The first-order chi connectivity index (χ1) is 14.6. The minimum Gasteiger partial charge on any atom is -0.287 e. The summed E-state index contributed by atoms with van der Waals surface area (Å²) in [5.41, 5.74) is 3.06. The lowest BCUT2D eigenvalue weighted by molar-refractivity contribution is 0.103. The maximum Gasteiger partial charge on any atom is 0.214 e. The third-order valence-electron chi connectivity index (χ3n) is 6.57. The Hall–Kier alpha value is -3.34. The quantitative estimate of drug-likeness (QED) is 0.401. The molecule has 2 aliphatic rings. The van der Waals surface area contributed by atoms with Gasteiger partial charge in [0, 0.05) is 23.1 Å². The minimum atomic E-state index is -0.674. The van der Waals surface area contributed by atoms with Crippen LogP contribution in [0.15, 0.2) is 60.7 Å². The van der Waals surface area contributed by atoms with Crippen LogP contribution in [0.2, 0.25) is 0 Å². The predicted octanol–water partition coefficient (Wildman–Crippen LogP) is 5.90. The molecule has 0 saturated heterocycles. The van der Waals surface area contributed by atoms with Crippen LogP contribution in [0.4, 0.5) is 8.78 Å². The predicted molar refractivity (Wildman–Crippen MR) is 110 cm³/mol. The summed E-state index contributed by atoms with van der Waals surface area (Å²) in [5, 5.41) is 6.49. The first-order valence-corrected chi connectivity index (χ1v) is 10.2. The highest BCUT2D eigenvalue weighted by Crippen LogP contribution is 2.55. The zero-order chi connectivity index (χ0) is 20.4. The number of halogens is 2. The van der Waals surface area contributed by atoms with Crippen molar-refractivity contribution in [3.63, 3.8) is 0 Å². The van der Waals surface area contributed by atoms with Crippen LogP contribution in [0.5, 0.6) is 0 Å². The number of hydrogen-bond acceptors (Lipinski definition) is 2. The lowest BCUT2D eigenvalue weighted by atomic mass is 9.91. The van der Waals surface area contributed by atoms with Crippen molar-refractivity contribution in [1.82, 2.24) is 9.78 Å². The molecule has 6 rings (SSSR count). The highest BCUT2D eigenvalue weighted by molar-refractivity contribution is 6.16. The second kappa shape index (κ2) is 6.33. The molecule has 2 aliphatic carbocycles. The molecule has 1 heterocycles. The fourth-order valence-corrected chi connectivity index (χ4v) is 5.29. The monoisotopic (exact) mass is 400 g/mol. The number of carbonyl (C=O) groups is 1. The Morgan fingerprint density at radius 2 is 1.77 bits per heavy atom. The second-order valence-electron chi connectivity index (χ2n) is 8.22. The van der Waals surface area contributed by atoms with E-state index in [-0.39, 0.29) is 23.3 Å². The number of aromatic nitrogens is 2. The van der Waals surface area contributed by atoms with Crippen LogP contribution in [0, 0.1) is 11.6 Å². The Balaban J connectivity index is 1.57. The van der Waals surface area contributed by atoms with Crippen molar-refractivity contribution >= 4 is 16.6 Å². The molecule has 30 heavy (non-hydrogen) atoms. The largest absolute Gasteiger partial charge is 0.287 e. The van der Waals surface area contributed by atoms with Crippen LogP contribution in [0.3, 0.4) is 0 Å². The van der Waals surface area contributed by atoms with E-state index in [1.54, 1.807) is 4.68 Å². The van der Waals surface area contributed by atoms with Crippen LogP contribution in [-0.2, 0) is 0 Å². The first kappa shape index (κ1) is 17.5. The van der Waals surface area contributed by atoms with Crippen molar-refractivity contribution in [3.8, 4) is 5.69 Å². The molecule has 0 aliphatic heterocycles. The van der Waals surface area contributed by atoms with E-state index in [9.17, 15) is 13.6 Å². The molecule has 0 N–H and O–H groups in total. The molecule has 0 radical (unpaired) electrons. The number of fused-ring (bicyclic) bond motifs is 6. The van der Waals surface area contributed by atoms with E-state index in [0.717, 1.165) is 47.4 Å².